The molecule has 3 heterocycles. The fourth-order valence-corrected chi connectivity index (χ4v) is 3.02. The summed E-state index contributed by atoms with van der Waals surface area (Å²) in [4.78, 5) is 8.61. The smallest absolute Gasteiger partial charge is 0.138 e. The molecule has 2 aromatic heterocycles. The zero-order chi connectivity index (χ0) is 14.9. The molecule has 0 aliphatic carbocycles. The first-order valence-electron chi connectivity index (χ1n) is 7.43. The second-order valence-electron chi connectivity index (χ2n) is 5.61. The lowest BCUT2D eigenvalue weighted by Crippen LogP contribution is -2.37. The second-order valence-corrected chi connectivity index (χ2v) is 5.61. The largest absolute Gasteiger partial charge is 0.308 e. The molecule has 5 nitrogen and oxygen atoms in total. The summed E-state index contributed by atoms with van der Waals surface area (Å²) in [7, 11) is 0. The molecule has 1 aliphatic heterocycles. The second kappa shape index (κ2) is 5.46. The van der Waals surface area contributed by atoms with Gasteiger partial charge in [0.1, 0.15) is 18.0 Å². The van der Waals surface area contributed by atoms with E-state index in [-0.39, 0.29) is 5.82 Å². The molecule has 0 radical (unpaired) electrons. The number of hydrogen-bond donors (Lipinski definition) is 1. The SMILES string of the molecule is Fc1cc(CN[C@H]2CCc3ncnn3C2)c2ncccc2c1. The van der Waals surface area contributed by atoms with E-state index in [4.69, 9.17) is 0 Å². The third kappa shape index (κ3) is 2.46. The summed E-state index contributed by atoms with van der Waals surface area (Å²) in [6, 6.07) is 7.11. The number of hydrogen-bond acceptors (Lipinski definition) is 4. The molecule has 0 saturated heterocycles. The molecule has 3 aromatic rings. The summed E-state index contributed by atoms with van der Waals surface area (Å²) in [5.74, 6) is 0.815. The van der Waals surface area contributed by atoms with E-state index in [1.54, 1.807) is 18.6 Å². The van der Waals surface area contributed by atoms with Crippen molar-refractivity contribution in [3.8, 4) is 0 Å². The summed E-state index contributed by atoms with van der Waals surface area (Å²) in [5.41, 5.74) is 1.74. The van der Waals surface area contributed by atoms with Crippen molar-refractivity contribution in [1.82, 2.24) is 25.1 Å². The molecule has 1 aromatic carbocycles. The Balaban J connectivity index is 1.53. The molecule has 4 rings (SSSR count). The number of halogens is 1. The molecule has 1 atom stereocenters. The Labute approximate surface area is 127 Å². The first-order chi connectivity index (χ1) is 10.8. The van der Waals surface area contributed by atoms with Crippen LogP contribution in [0.3, 0.4) is 0 Å². The van der Waals surface area contributed by atoms with Crippen LogP contribution in [0.4, 0.5) is 4.39 Å². The van der Waals surface area contributed by atoms with Crippen LogP contribution in [0.2, 0.25) is 0 Å². The van der Waals surface area contributed by atoms with Crippen LogP contribution in [-0.2, 0) is 19.5 Å². The molecule has 6 heteroatoms. The molecule has 0 fully saturated rings. The van der Waals surface area contributed by atoms with Crippen LogP contribution in [0.25, 0.3) is 10.9 Å². The highest BCUT2D eigenvalue weighted by Crippen LogP contribution is 2.19. The van der Waals surface area contributed by atoms with Crippen molar-refractivity contribution in [3.05, 3.63) is 54.0 Å². The zero-order valence-electron chi connectivity index (χ0n) is 12.0. The van der Waals surface area contributed by atoms with Gasteiger partial charge in [-0.25, -0.2) is 14.1 Å². The summed E-state index contributed by atoms with van der Waals surface area (Å²) in [5, 5.41) is 8.55. The number of aromatic nitrogens is 4. The van der Waals surface area contributed by atoms with Crippen molar-refractivity contribution in [3.63, 3.8) is 0 Å². The topological polar surface area (TPSA) is 55.6 Å². The zero-order valence-corrected chi connectivity index (χ0v) is 12.0. The van der Waals surface area contributed by atoms with E-state index in [1.807, 2.05) is 16.8 Å². The minimum atomic E-state index is -0.223. The summed E-state index contributed by atoms with van der Waals surface area (Å²) >= 11 is 0. The van der Waals surface area contributed by atoms with Gasteiger partial charge < -0.3 is 5.32 Å². The minimum absolute atomic E-state index is 0.223. The van der Waals surface area contributed by atoms with Gasteiger partial charge in [-0.05, 0) is 30.2 Å². The summed E-state index contributed by atoms with van der Waals surface area (Å²) in [6.45, 7) is 1.40. The Morgan fingerprint density at radius 3 is 3.23 bits per heavy atom. The van der Waals surface area contributed by atoms with Gasteiger partial charge in [-0.1, -0.05) is 6.07 Å². The van der Waals surface area contributed by atoms with Gasteiger partial charge in [0.15, 0.2) is 0 Å². The van der Waals surface area contributed by atoms with E-state index < -0.39 is 0 Å². The predicted octanol–water partition coefficient (Wildman–Crippen LogP) is 2.07. The average Bonchev–Trinajstić information content (AvgIpc) is 3.00. The van der Waals surface area contributed by atoms with Gasteiger partial charge in [0, 0.05) is 30.6 Å². The molecular weight excluding hydrogens is 281 g/mol. The molecule has 0 saturated carbocycles. The Morgan fingerprint density at radius 2 is 2.27 bits per heavy atom. The Bertz CT molecular complexity index is 813. The van der Waals surface area contributed by atoms with E-state index in [9.17, 15) is 4.39 Å². The van der Waals surface area contributed by atoms with Gasteiger partial charge in [-0.3, -0.25) is 4.98 Å². The van der Waals surface area contributed by atoms with Crippen LogP contribution in [0.1, 0.15) is 17.8 Å². The Kier molecular flexibility index (Phi) is 3.31. The normalized spacial score (nSPS) is 17.6. The first kappa shape index (κ1) is 13.3. The lowest BCUT2D eigenvalue weighted by atomic mass is 10.1. The van der Waals surface area contributed by atoms with E-state index >= 15 is 0 Å². The van der Waals surface area contributed by atoms with Crippen LogP contribution in [0.5, 0.6) is 0 Å². The number of nitrogens with zero attached hydrogens (tertiary/aromatic N) is 4. The van der Waals surface area contributed by atoms with E-state index in [1.165, 1.54) is 6.07 Å². The fourth-order valence-electron chi connectivity index (χ4n) is 3.02. The van der Waals surface area contributed by atoms with Crippen molar-refractivity contribution in [2.24, 2.45) is 0 Å². The highest BCUT2D eigenvalue weighted by molar-refractivity contribution is 5.81. The molecule has 1 N–H and O–H groups in total. The van der Waals surface area contributed by atoms with Crippen molar-refractivity contribution in [2.75, 3.05) is 0 Å². The number of fused-ring (bicyclic) bond motifs is 2. The lowest BCUT2D eigenvalue weighted by Gasteiger charge is -2.23. The molecule has 0 amide bonds. The van der Waals surface area contributed by atoms with Crippen LogP contribution in [-0.4, -0.2) is 25.8 Å². The Morgan fingerprint density at radius 1 is 1.32 bits per heavy atom. The quantitative estimate of drug-likeness (QED) is 0.804. The van der Waals surface area contributed by atoms with Crippen LogP contribution < -0.4 is 5.32 Å². The maximum Gasteiger partial charge on any atom is 0.138 e. The van der Waals surface area contributed by atoms with Crippen LogP contribution >= 0.6 is 0 Å². The van der Waals surface area contributed by atoms with Crippen LogP contribution in [0.15, 0.2) is 36.8 Å². The van der Waals surface area contributed by atoms with Crippen molar-refractivity contribution < 1.29 is 4.39 Å². The highest BCUT2D eigenvalue weighted by atomic mass is 19.1. The summed E-state index contributed by atoms with van der Waals surface area (Å²) < 4.78 is 15.7. The van der Waals surface area contributed by atoms with Crippen molar-refractivity contribution >= 4 is 10.9 Å². The van der Waals surface area contributed by atoms with Gasteiger partial charge in [-0.2, -0.15) is 5.10 Å². The maximum absolute atomic E-state index is 13.7. The van der Waals surface area contributed by atoms with Gasteiger partial charge in [-0.15, -0.1) is 0 Å². The first-order valence-corrected chi connectivity index (χ1v) is 7.43. The van der Waals surface area contributed by atoms with Gasteiger partial charge in [0.05, 0.1) is 12.1 Å². The Hall–Kier alpha value is -2.34. The average molecular weight is 297 g/mol. The van der Waals surface area contributed by atoms with E-state index in [0.29, 0.717) is 12.6 Å². The summed E-state index contributed by atoms with van der Waals surface area (Å²) in [6.07, 6.45) is 5.27. The fraction of sp³-hybridized carbons (Fsp3) is 0.312. The lowest BCUT2D eigenvalue weighted by molar-refractivity contribution is 0.358. The number of aryl methyl sites for hydroxylation is 1. The molecule has 1 aliphatic rings. The molecule has 0 unspecified atom stereocenters. The highest BCUT2D eigenvalue weighted by Gasteiger charge is 2.19. The molecular formula is C16H16FN5. The van der Waals surface area contributed by atoms with Crippen molar-refractivity contribution in [1.29, 1.82) is 0 Å². The predicted molar refractivity (Wildman–Crippen MR) is 80.7 cm³/mol. The third-order valence-corrected chi connectivity index (χ3v) is 4.14. The van der Waals surface area contributed by atoms with E-state index in [2.05, 4.69) is 20.4 Å². The minimum Gasteiger partial charge on any atom is -0.308 e. The number of benzene rings is 1. The van der Waals surface area contributed by atoms with Gasteiger partial charge in [0.2, 0.25) is 0 Å². The third-order valence-electron chi connectivity index (χ3n) is 4.14. The molecule has 112 valence electrons. The molecule has 22 heavy (non-hydrogen) atoms. The van der Waals surface area contributed by atoms with Gasteiger partial charge >= 0.3 is 0 Å². The number of pyridine rings is 1. The van der Waals surface area contributed by atoms with Crippen LogP contribution in [0, 0.1) is 5.82 Å². The standard InChI is InChI=1S/C16H16FN5/c17-13-6-11-2-1-5-18-16(11)12(7-13)8-19-14-3-4-15-20-10-21-22(15)9-14/h1-2,5-7,10,14,19H,3-4,8-9H2/t14-/m0/s1. The monoisotopic (exact) mass is 297 g/mol. The molecule has 0 spiro atoms. The van der Waals surface area contributed by atoms with E-state index in [0.717, 1.165) is 41.7 Å². The van der Waals surface area contributed by atoms with Gasteiger partial charge in [0.25, 0.3) is 0 Å². The number of rotatable bonds is 3. The molecule has 0 bridgehead atoms. The van der Waals surface area contributed by atoms with Crippen molar-refractivity contribution in [2.45, 2.75) is 32.0 Å². The number of nitrogens with one attached hydrogen (secondary N) is 1. The maximum atomic E-state index is 13.7.